The first-order valence-corrected chi connectivity index (χ1v) is 9.19. The third-order valence-electron chi connectivity index (χ3n) is 5.40. The van der Waals surface area contributed by atoms with E-state index in [-0.39, 0.29) is 6.10 Å². The summed E-state index contributed by atoms with van der Waals surface area (Å²) in [5, 5.41) is 3.14. The maximum absolute atomic E-state index is 14.4. The van der Waals surface area contributed by atoms with E-state index in [0.29, 0.717) is 11.5 Å². The van der Waals surface area contributed by atoms with Crippen LogP contribution in [-0.2, 0) is 9.53 Å². The minimum atomic E-state index is -0.867. The number of carbonyl (C=O) groups is 1. The minimum absolute atomic E-state index is 0.100. The molecular formula is C21H23FN2O2. The van der Waals surface area contributed by atoms with Gasteiger partial charge in [0.05, 0.1) is 0 Å². The van der Waals surface area contributed by atoms with Gasteiger partial charge in [0.1, 0.15) is 11.9 Å². The summed E-state index contributed by atoms with van der Waals surface area (Å²) in [6.07, 6.45) is 2.03. The van der Waals surface area contributed by atoms with Gasteiger partial charge in [-0.3, -0.25) is 4.90 Å². The van der Waals surface area contributed by atoms with Gasteiger partial charge >= 0.3 is 5.97 Å². The molecule has 26 heavy (non-hydrogen) atoms. The molecule has 0 saturated carbocycles. The van der Waals surface area contributed by atoms with E-state index in [2.05, 4.69) is 10.2 Å². The Morgan fingerprint density at radius 1 is 1.08 bits per heavy atom. The summed E-state index contributed by atoms with van der Waals surface area (Å²) in [6, 6.07) is 14.9. The fourth-order valence-corrected chi connectivity index (χ4v) is 3.94. The van der Waals surface area contributed by atoms with Crippen molar-refractivity contribution in [3.05, 3.63) is 66.0 Å². The van der Waals surface area contributed by atoms with Crippen LogP contribution in [0.3, 0.4) is 0 Å². The summed E-state index contributed by atoms with van der Waals surface area (Å²) in [5.41, 5.74) is 1.06. The lowest BCUT2D eigenvalue weighted by atomic mass is 9.86. The van der Waals surface area contributed by atoms with Gasteiger partial charge in [-0.2, -0.15) is 0 Å². The van der Waals surface area contributed by atoms with E-state index in [4.69, 9.17) is 4.74 Å². The van der Waals surface area contributed by atoms with Crippen LogP contribution in [0.15, 0.2) is 54.6 Å². The molecule has 0 radical (unpaired) electrons. The smallest absolute Gasteiger partial charge is 0.333 e. The summed E-state index contributed by atoms with van der Waals surface area (Å²) in [6.45, 7) is 2.95. The first kappa shape index (κ1) is 17.0. The van der Waals surface area contributed by atoms with E-state index in [1.807, 2.05) is 30.3 Å². The van der Waals surface area contributed by atoms with Gasteiger partial charge in [0.2, 0.25) is 0 Å². The fourth-order valence-electron chi connectivity index (χ4n) is 3.94. The molecule has 136 valence electrons. The number of hydrogen-bond donors (Lipinski definition) is 1. The van der Waals surface area contributed by atoms with Crippen LogP contribution >= 0.6 is 0 Å². The maximum Gasteiger partial charge on any atom is 0.333 e. The van der Waals surface area contributed by atoms with Crippen molar-refractivity contribution in [1.29, 1.82) is 0 Å². The number of rotatable bonds is 5. The molecule has 0 amide bonds. The Balaban J connectivity index is 1.56. The van der Waals surface area contributed by atoms with E-state index < -0.39 is 17.8 Å². The van der Waals surface area contributed by atoms with Crippen molar-refractivity contribution < 1.29 is 13.9 Å². The lowest BCUT2D eigenvalue weighted by Gasteiger charge is -2.44. The van der Waals surface area contributed by atoms with Crippen molar-refractivity contribution in [2.24, 2.45) is 5.92 Å². The maximum atomic E-state index is 14.4. The molecule has 2 aromatic carbocycles. The lowest BCUT2D eigenvalue weighted by Crippen LogP contribution is -2.52. The van der Waals surface area contributed by atoms with Crippen molar-refractivity contribution in [2.45, 2.75) is 25.0 Å². The van der Waals surface area contributed by atoms with Crippen molar-refractivity contribution in [2.75, 3.05) is 25.0 Å². The third kappa shape index (κ3) is 3.58. The van der Waals surface area contributed by atoms with Gasteiger partial charge in [-0.25, -0.2) is 9.18 Å². The highest BCUT2D eigenvalue weighted by Gasteiger charge is 2.38. The highest BCUT2D eigenvalue weighted by atomic mass is 19.1. The molecule has 3 aliphatic rings. The zero-order valence-corrected chi connectivity index (χ0v) is 14.6. The van der Waals surface area contributed by atoms with E-state index in [0.717, 1.165) is 38.2 Å². The van der Waals surface area contributed by atoms with Crippen molar-refractivity contribution in [3.8, 4) is 0 Å². The molecule has 5 rings (SSSR count). The minimum Gasteiger partial charge on any atom is -0.459 e. The molecule has 0 spiro atoms. The van der Waals surface area contributed by atoms with Crippen LogP contribution in [-0.4, -0.2) is 36.6 Å². The molecule has 1 unspecified atom stereocenters. The number of piperidine rings is 3. The number of esters is 1. The summed E-state index contributed by atoms with van der Waals surface area (Å²) in [4.78, 5) is 15.3. The fraction of sp³-hybridized carbons (Fsp3) is 0.381. The third-order valence-corrected chi connectivity index (χ3v) is 5.40. The highest BCUT2D eigenvalue weighted by Crippen LogP contribution is 2.31. The zero-order valence-electron chi connectivity index (χ0n) is 14.6. The number of ether oxygens (including phenoxy) is 1. The number of halogens is 1. The molecule has 2 bridgehead atoms. The number of anilines is 1. The number of para-hydroxylation sites is 1. The number of benzene rings is 2. The Hall–Kier alpha value is -2.40. The molecule has 3 heterocycles. The molecule has 1 N–H and O–H groups in total. The number of fused-ring (bicyclic) bond motifs is 3. The molecule has 0 aliphatic carbocycles. The molecule has 5 heteroatoms. The molecule has 2 aromatic rings. The van der Waals surface area contributed by atoms with Crippen LogP contribution < -0.4 is 5.32 Å². The van der Waals surface area contributed by atoms with Crippen molar-refractivity contribution in [1.82, 2.24) is 4.90 Å². The van der Waals surface area contributed by atoms with E-state index >= 15 is 0 Å². The topological polar surface area (TPSA) is 41.6 Å². The zero-order chi connectivity index (χ0) is 17.9. The molecule has 0 aromatic heterocycles. The monoisotopic (exact) mass is 354 g/mol. The standard InChI is InChI=1S/C21H23FN2O2/c22-18-9-5-4-8-17(18)20(23-16-6-2-1-3-7-16)21(25)26-19-14-24-12-10-15(19)11-13-24/h1-9,15,19-20,23H,10-14H2/t19-,20?/m0/s1. The number of nitrogens with zero attached hydrogens (tertiary/aromatic N) is 1. The molecular weight excluding hydrogens is 331 g/mol. The van der Waals surface area contributed by atoms with Gasteiger partial charge in [0.25, 0.3) is 0 Å². The quantitative estimate of drug-likeness (QED) is 0.833. The summed E-state index contributed by atoms with van der Waals surface area (Å²) >= 11 is 0. The van der Waals surface area contributed by atoms with Gasteiger partial charge in [0, 0.05) is 17.8 Å². The number of carbonyl (C=O) groups excluding carboxylic acids is 1. The van der Waals surface area contributed by atoms with Gasteiger partial charge in [-0.15, -0.1) is 0 Å². The van der Waals surface area contributed by atoms with Gasteiger partial charge in [0.15, 0.2) is 6.04 Å². The van der Waals surface area contributed by atoms with Crippen LogP contribution in [0, 0.1) is 11.7 Å². The second-order valence-corrected chi connectivity index (χ2v) is 7.08. The molecule has 4 nitrogen and oxygen atoms in total. The first-order chi connectivity index (χ1) is 12.7. The van der Waals surface area contributed by atoms with Crippen LogP contribution in [0.2, 0.25) is 0 Å². The normalized spacial score (nSPS) is 25.5. The van der Waals surface area contributed by atoms with Crippen LogP contribution in [0.4, 0.5) is 10.1 Å². The van der Waals surface area contributed by atoms with Crippen molar-refractivity contribution in [3.63, 3.8) is 0 Å². The Morgan fingerprint density at radius 3 is 2.42 bits per heavy atom. The molecule has 3 aliphatic heterocycles. The Labute approximate surface area is 153 Å². The summed E-state index contributed by atoms with van der Waals surface area (Å²) in [7, 11) is 0. The van der Waals surface area contributed by atoms with E-state index in [9.17, 15) is 9.18 Å². The Morgan fingerprint density at radius 2 is 1.77 bits per heavy atom. The average molecular weight is 354 g/mol. The lowest BCUT2D eigenvalue weighted by molar-refractivity contribution is -0.160. The largest absolute Gasteiger partial charge is 0.459 e. The molecule has 2 atom stereocenters. The van der Waals surface area contributed by atoms with Crippen LogP contribution in [0.25, 0.3) is 0 Å². The van der Waals surface area contributed by atoms with Crippen LogP contribution in [0.5, 0.6) is 0 Å². The molecule has 3 fully saturated rings. The predicted octanol–water partition coefficient (Wildman–Crippen LogP) is 3.62. The summed E-state index contributed by atoms with van der Waals surface area (Å²) < 4.78 is 20.2. The van der Waals surface area contributed by atoms with Gasteiger partial charge in [-0.05, 0) is 50.0 Å². The first-order valence-electron chi connectivity index (χ1n) is 9.19. The van der Waals surface area contributed by atoms with Gasteiger partial charge in [-0.1, -0.05) is 36.4 Å². The van der Waals surface area contributed by atoms with Crippen molar-refractivity contribution >= 4 is 11.7 Å². The van der Waals surface area contributed by atoms with Gasteiger partial charge < -0.3 is 10.1 Å². The highest BCUT2D eigenvalue weighted by molar-refractivity contribution is 5.81. The van der Waals surface area contributed by atoms with E-state index in [1.165, 1.54) is 6.07 Å². The average Bonchev–Trinajstić information content (AvgIpc) is 2.68. The number of nitrogens with one attached hydrogen (secondary N) is 1. The Kier molecular flexibility index (Phi) is 4.89. The Bertz CT molecular complexity index is 760. The summed E-state index contributed by atoms with van der Waals surface area (Å²) in [5.74, 6) is -0.411. The second kappa shape index (κ2) is 7.46. The SMILES string of the molecule is O=C(O[C@H]1CN2CCC1CC2)C(Nc1ccccc1)c1ccccc1F. The second-order valence-electron chi connectivity index (χ2n) is 7.08. The predicted molar refractivity (Wildman–Crippen MR) is 98.2 cm³/mol. The number of hydrogen-bond acceptors (Lipinski definition) is 4. The molecule has 3 saturated heterocycles. The van der Waals surface area contributed by atoms with Crippen LogP contribution in [0.1, 0.15) is 24.4 Å². The van der Waals surface area contributed by atoms with E-state index in [1.54, 1.807) is 18.2 Å².